The lowest BCUT2D eigenvalue weighted by Crippen LogP contribution is -2.40. The molecule has 0 bridgehead atoms. The second-order valence-corrected chi connectivity index (χ2v) is 5.34. The molecule has 0 radical (unpaired) electrons. The second kappa shape index (κ2) is 9.10. The lowest BCUT2D eigenvalue weighted by Gasteiger charge is -2.19. The normalized spacial score (nSPS) is 13.3. The van der Waals surface area contributed by atoms with E-state index < -0.39 is 12.6 Å². The monoisotopic (exact) mass is 451 g/mol. The maximum Gasteiger partial charge on any atom is 0.390 e. The van der Waals surface area contributed by atoms with Crippen molar-refractivity contribution in [3.05, 3.63) is 48.0 Å². The number of benzene rings is 2. The van der Waals surface area contributed by atoms with E-state index in [-0.39, 0.29) is 36.6 Å². The number of alkyl halides is 3. The Balaban J connectivity index is 0.00000288. The average molecular weight is 451 g/mol. The minimum absolute atomic E-state index is 0. The Kier molecular flexibility index (Phi) is 7.78. The maximum atomic E-state index is 12.2. The average Bonchev–Trinajstić information content (AvgIpc) is 2.52. The molecule has 2 aromatic carbocycles. The summed E-state index contributed by atoms with van der Waals surface area (Å²) in [6.45, 7) is 1.74. The Morgan fingerprint density at radius 3 is 2.42 bits per heavy atom. The molecule has 0 heterocycles. The number of rotatable bonds is 4. The zero-order valence-corrected chi connectivity index (χ0v) is 15.9. The number of fused-ring (bicyclic) bond motifs is 1. The molecule has 0 aliphatic heterocycles. The van der Waals surface area contributed by atoms with Gasteiger partial charge in [0.15, 0.2) is 5.96 Å². The number of hydrogen-bond acceptors (Lipinski definition) is 1. The number of hydrogen-bond donors (Lipinski definition) is 2. The van der Waals surface area contributed by atoms with Crippen LogP contribution in [0.2, 0.25) is 0 Å². The zero-order chi connectivity index (χ0) is 16.9. The molecule has 7 heteroatoms. The fourth-order valence-electron chi connectivity index (χ4n) is 2.28. The molecule has 24 heavy (non-hydrogen) atoms. The number of aliphatic imine (C=N–C) groups is 1. The van der Waals surface area contributed by atoms with Crippen molar-refractivity contribution in [1.82, 2.24) is 10.6 Å². The predicted molar refractivity (Wildman–Crippen MR) is 103 cm³/mol. The van der Waals surface area contributed by atoms with Crippen LogP contribution in [0, 0.1) is 0 Å². The van der Waals surface area contributed by atoms with Crippen LogP contribution >= 0.6 is 24.0 Å². The van der Waals surface area contributed by atoms with Gasteiger partial charge < -0.3 is 10.6 Å². The van der Waals surface area contributed by atoms with Gasteiger partial charge in [0.25, 0.3) is 0 Å². The van der Waals surface area contributed by atoms with Crippen LogP contribution in [-0.4, -0.2) is 25.7 Å². The molecule has 0 fully saturated rings. The van der Waals surface area contributed by atoms with Gasteiger partial charge in [-0.05, 0) is 29.3 Å². The number of halogens is 4. The van der Waals surface area contributed by atoms with Crippen molar-refractivity contribution in [3.63, 3.8) is 0 Å². The Bertz CT molecular complexity index is 686. The van der Waals surface area contributed by atoms with Crippen molar-refractivity contribution in [2.24, 2.45) is 4.99 Å². The van der Waals surface area contributed by atoms with Crippen LogP contribution in [0.4, 0.5) is 13.2 Å². The van der Waals surface area contributed by atoms with Crippen LogP contribution in [0.5, 0.6) is 0 Å². The first-order chi connectivity index (χ1) is 10.9. The van der Waals surface area contributed by atoms with Crippen molar-refractivity contribution in [2.45, 2.75) is 25.6 Å². The van der Waals surface area contributed by atoms with Crippen LogP contribution in [0.3, 0.4) is 0 Å². The molecule has 0 aromatic heterocycles. The van der Waals surface area contributed by atoms with E-state index in [0.717, 1.165) is 16.3 Å². The summed E-state index contributed by atoms with van der Waals surface area (Å²) in [7, 11) is 1.54. The molecule has 0 aliphatic carbocycles. The first-order valence-electron chi connectivity index (χ1n) is 7.41. The van der Waals surface area contributed by atoms with E-state index in [1.165, 1.54) is 7.05 Å². The molecule has 0 aliphatic rings. The van der Waals surface area contributed by atoms with Crippen LogP contribution in [0.1, 0.15) is 24.9 Å². The van der Waals surface area contributed by atoms with Gasteiger partial charge in [-0.25, -0.2) is 0 Å². The van der Waals surface area contributed by atoms with Crippen LogP contribution in [0.25, 0.3) is 10.8 Å². The Morgan fingerprint density at radius 1 is 1.12 bits per heavy atom. The lowest BCUT2D eigenvalue weighted by atomic mass is 10.0. The summed E-state index contributed by atoms with van der Waals surface area (Å²) in [6, 6.07) is 14.0. The molecule has 1 atom stereocenters. The molecular weight excluding hydrogens is 430 g/mol. The van der Waals surface area contributed by atoms with Crippen molar-refractivity contribution < 1.29 is 13.2 Å². The van der Waals surface area contributed by atoms with Crippen LogP contribution in [-0.2, 0) is 0 Å². The third kappa shape index (κ3) is 6.18. The van der Waals surface area contributed by atoms with Gasteiger partial charge in [0.2, 0.25) is 0 Å². The molecule has 2 N–H and O–H groups in total. The second-order valence-electron chi connectivity index (χ2n) is 5.34. The predicted octanol–water partition coefficient (Wildman–Crippen LogP) is 4.64. The zero-order valence-electron chi connectivity index (χ0n) is 13.5. The minimum Gasteiger partial charge on any atom is -0.356 e. The standard InChI is InChI=1S/C17H20F3N3.HI/c1-12(23-16(21-2)22-10-9-17(18,19)20)14-8-7-13-5-3-4-6-15(13)11-14;/h3-8,11-12H,9-10H2,1-2H3,(H2,21,22,23);1H. The fourth-order valence-corrected chi connectivity index (χ4v) is 2.28. The van der Waals surface area contributed by atoms with Gasteiger partial charge in [-0.2, -0.15) is 13.2 Å². The van der Waals surface area contributed by atoms with E-state index in [1.54, 1.807) is 0 Å². The molecule has 0 spiro atoms. The summed E-state index contributed by atoms with van der Waals surface area (Å²) in [4.78, 5) is 3.96. The fraction of sp³-hybridized carbons (Fsp3) is 0.353. The van der Waals surface area contributed by atoms with E-state index in [1.807, 2.05) is 43.3 Å². The van der Waals surface area contributed by atoms with Crippen molar-refractivity contribution in [1.29, 1.82) is 0 Å². The highest BCUT2D eigenvalue weighted by molar-refractivity contribution is 14.0. The molecule has 0 amide bonds. The topological polar surface area (TPSA) is 36.4 Å². The van der Waals surface area contributed by atoms with Gasteiger partial charge in [0.1, 0.15) is 0 Å². The summed E-state index contributed by atoms with van der Waals surface area (Å²) in [5.74, 6) is 0.356. The first kappa shape index (κ1) is 20.5. The molecule has 1 unspecified atom stereocenters. The van der Waals surface area contributed by atoms with E-state index in [4.69, 9.17) is 0 Å². The van der Waals surface area contributed by atoms with Gasteiger partial charge in [-0.3, -0.25) is 4.99 Å². The SMILES string of the molecule is CN=C(NCCC(F)(F)F)NC(C)c1ccc2ccccc2c1.I. The Labute approximate surface area is 156 Å². The van der Waals surface area contributed by atoms with Gasteiger partial charge in [0.05, 0.1) is 12.5 Å². The highest BCUT2D eigenvalue weighted by Gasteiger charge is 2.26. The number of guanidine groups is 1. The van der Waals surface area contributed by atoms with E-state index >= 15 is 0 Å². The highest BCUT2D eigenvalue weighted by atomic mass is 127. The molecule has 132 valence electrons. The van der Waals surface area contributed by atoms with Crippen LogP contribution in [0.15, 0.2) is 47.5 Å². The van der Waals surface area contributed by atoms with Gasteiger partial charge >= 0.3 is 6.18 Å². The van der Waals surface area contributed by atoms with Crippen molar-refractivity contribution in [3.8, 4) is 0 Å². The molecule has 0 saturated heterocycles. The van der Waals surface area contributed by atoms with Gasteiger partial charge in [-0.15, -0.1) is 24.0 Å². The van der Waals surface area contributed by atoms with Gasteiger partial charge in [0, 0.05) is 13.6 Å². The van der Waals surface area contributed by atoms with Gasteiger partial charge in [-0.1, -0.05) is 36.4 Å². The Hall–Kier alpha value is -1.51. The van der Waals surface area contributed by atoms with Crippen molar-refractivity contribution in [2.75, 3.05) is 13.6 Å². The molecular formula is C17H21F3IN3. The summed E-state index contributed by atoms with van der Waals surface area (Å²) in [5.41, 5.74) is 1.04. The number of nitrogens with zero attached hydrogens (tertiary/aromatic N) is 1. The maximum absolute atomic E-state index is 12.2. The third-order valence-corrected chi connectivity index (χ3v) is 3.55. The highest BCUT2D eigenvalue weighted by Crippen LogP contribution is 2.20. The lowest BCUT2D eigenvalue weighted by molar-refractivity contribution is -0.132. The quantitative estimate of drug-likeness (QED) is 0.404. The molecule has 2 aromatic rings. The first-order valence-corrected chi connectivity index (χ1v) is 7.41. The third-order valence-electron chi connectivity index (χ3n) is 3.55. The minimum atomic E-state index is -4.17. The summed E-state index contributed by atoms with van der Waals surface area (Å²) < 4.78 is 36.6. The molecule has 0 saturated carbocycles. The smallest absolute Gasteiger partial charge is 0.356 e. The van der Waals surface area contributed by atoms with Crippen molar-refractivity contribution >= 4 is 40.7 Å². The summed E-state index contributed by atoms with van der Waals surface area (Å²) >= 11 is 0. The summed E-state index contributed by atoms with van der Waals surface area (Å²) in [5, 5.41) is 8.06. The molecule has 2 rings (SSSR count). The van der Waals surface area contributed by atoms with E-state index in [9.17, 15) is 13.2 Å². The number of nitrogens with one attached hydrogen (secondary N) is 2. The van der Waals surface area contributed by atoms with Crippen LogP contribution < -0.4 is 10.6 Å². The van der Waals surface area contributed by atoms with E-state index in [2.05, 4.69) is 21.7 Å². The summed E-state index contributed by atoms with van der Waals surface area (Å²) in [6.07, 6.45) is -5.06. The largest absolute Gasteiger partial charge is 0.390 e. The molecule has 3 nitrogen and oxygen atoms in total. The Morgan fingerprint density at radius 2 is 1.79 bits per heavy atom. The van der Waals surface area contributed by atoms with E-state index in [0.29, 0.717) is 5.96 Å².